The number of aromatic amines is 1. The maximum Gasteiger partial charge on any atom is 0.323 e. The van der Waals surface area contributed by atoms with E-state index in [9.17, 15) is 9.59 Å². The van der Waals surface area contributed by atoms with Crippen LogP contribution in [0.15, 0.2) is 16.2 Å². The zero-order valence-electron chi connectivity index (χ0n) is 11.8. The number of carbonyl (C=O) groups excluding carboxylic acids is 1. The van der Waals surface area contributed by atoms with Crippen molar-refractivity contribution >= 4 is 27.5 Å². The van der Waals surface area contributed by atoms with E-state index in [0.717, 1.165) is 19.4 Å². The molecular weight excluding hydrogens is 290 g/mol. The number of rotatable bonds is 4. The van der Waals surface area contributed by atoms with Crippen LogP contribution in [0.3, 0.4) is 0 Å². The van der Waals surface area contributed by atoms with Crippen LogP contribution in [0.2, 0.25) is 0 Å². The number of fused-ring (bicyclic) bond motifs is 1. The molecule has 0 amide bonds. The largest absolute Gasteiger partial charge is 0.465 e. The van der Waals surface area contributed by atoms with E-state index >= 15 is 0 Å². The first kappa shape index (κ1) is 14.2. The smallest absolute Gasteiger partial charge is 0.323 e. The second-order valence-electron chi connectivity index (χ2n) is 5.03. The van der Waals surface area contributed by atoms with E-state index in [1.165, 1.54) is 11.3 Å². The summed E-state index contributed by atoms with van der Waals surface area (Å²) in [6, 6.07) is 1.61. The standard InChI is InChI=1S/C14H17N3O3S/c1-2-20-14(19)10-4-3-6-17(10)8-11-15-9-5-7-21-12(9)13(18)16-11/h5,7,10H,2-4,6,8H2,1H3,(H,15,16,18). The summed E-state index contributed by atoms with van der Waals surface area (Å²) < 4.78 is 5.74. The molecule has 2 aromatic rings. The molecule has 112 valence electrons. The molecule has 7 heteroatoms. The molecule has 0 aliphatic carbocycles. The average Bonchev–Trinajstić information content (AvgIpc) is 3.08. The molecule has 1 saturated heterocycles. The number of ether oxygens (including phenoxy) is 1. The van der Waals surface area contributed by atoms with Crippen LogP contribution in [0.5, 0.6) is 0 Å². The summed E-state index contributed by atoms with van der Waals surface area (Å²) >= 11 is 1.38. The number of nitrogens with zero attached hydrogens (tertiary/aromatic N) is 2. The molecule has 0 bridgehead atoms. The van der Waals surface area contributed by atoms with Crippen LogP contribution < -0.4 is 5.56 Å². The second-order valence-corrected chi connectivity index (χ2v) is 5.94. The first-order valence-electron chi connectivity index (χ1n) is 7.06. The first-order valence-corrected chi connectivity index (χ1v) is 7.94. The Kier molecular flexibility index (Phi) is 4.03. The molecule has 1 N–H and O–H groups in total. The lowest BCUT2D eigenvalue weighted by molar-refractivity contribution is -0.148. The van der Waals surface area contributed by atoms with Crippen LogP contribution in [-0.4, -0.2) is 40.0 Å². The number of thiophene rings is 1. The van der Waals surface area contributed by atoms with Crippen molar-refractivity contribution in [1.82, 2.24) is 14.9 Å². The molecule has 6 nitrogen and oxygen atoms in total. The van der Waals surface area contributed by atoms with E-state index in [1.807, 2.05) is 16.3 Å². The zero-order chi connectivity index (χ0) is 14.8. The fourth-order valence-corrected chi connectivity index (χ4v) is 3.44. The normalized spacial score (nSPS) is 19.2. The number of esters is 1. The van der Waals surface area contributed by atoms with Gasteiger partial charge in [0.1, 0.15) is 16.6 Å². The van der Waals surface area contributed by atoms with Crippen LogP contribution in [0.25, 0.3) is 10.2 Å². The van der Waals surface area contributed by atoms with Crippen molar-refractivity contribution in [1.29, 1.82) is 0 Å². The van der Waals surface area contributed by atoms with Gasteiger partial charge in [-0.3, -0.25) is 14.5 Å². The lowest BCUT2D eigenvalue weighted by atomic mass is 10.2. The highest BCUT2D eigenvalue weighted by Gasteiger charge is 2.32. The minimum atomic E-state index is -0.228. The number of hydrogen-bond acceptors (Lipinski definition) is 6. The van der Waals surface area contributed by atoms with Crippen molar-refractivity contribution in [3.8, 4) is 0 Å². The number of hydrogen-bond donors (Lipinski definition) is 1. The van der Waals surface area contributed by atoms with Gasteiger partial charge in [0, 0.05) is 0 Å². The van der Waals surface area contributed by atoms with E-state index in [0.29, 0.717) is 29.2 Å². The summed E-state index contributed by atoms with van der Waals surface area (Å²) in [5.74, 6) is 0.413. The van der Waals surface area contributed by atoms with Crippen molar-refractivity contribution in [3.05, 3.63) is 27.6 Å². The van der Waals surface area contributed by atoms with Gasteiger partial charge in [-0.25, -0.2) is 4.98 Å². The van der Waals surface area contributed by atoms with Gasteiger partial charge in [0.25, 0.3) is 5.56 Å². The van der Waals surface area contributed by atoms with Gasteiger partial charge in [0.05, 0.1) is 18.7 Å². The Morgan fingerprint density at radius 1 is 1.62 bits per heavy atom. The molecule has 3 rings (SSSR count). The predicted molar refractivity (Wildman–Crippen MR) is 80.3 cm³/mol. The third-order valence-corrected chi connectivity index (χ3v) is 4.54. The summed E-state index contributed by atoms with van der Waals surface area (Å²) in [6.07, 6.45) is 1.75. The van der Waals surface area contributed by atoms with E-state index < -0.39 is 0 Å². The Morgan fingerprint density at radius 3 is 3.29 bits per heavy atom. The van der Waals surface area contributed by atoms with Gasteiger partial charge in [-0.1, -0.05) is 0 Å². The lowest BCUT2D eigenvalue weighted by Crippen LogP contribution is -2.37. The number of aromatic nitrogens is 2. The molecule has 0 saturated carbocycles. The van der Waals surface area contributed by atoms with Gasteiger partial charge in [0.2, 0.25) is 0 Å². The van der Waals surface area contributed by atoms with Gasteiger partial charge >= 0.3 is 5.97 Å². The number of carbonyl (C=O) groups is 1. The Morgan fingerprint density at radius 2 is 2.48 bits per heavy atom. The van der Waals surface area contributed by atoms with E-state index in [2.05, 4.69) is 9.97 Å². The molecule has 3 heterocycles. The molecule has 0 aromatic carbocycles. The Hall–Kier alpha value is -1.73. The third-order valence-electron chi connectivity index (χ3n) is 3.64. The monoisotopic (exact) mass is 307 g/mol. The summed E-state index contributed by atoms with van der Waals surface area (Å²) in [5, 5.41) is 1.86. The molecule has 2 aromatic heterocycles. The quantitative estimate of drug-likeness (QED) is 0.867. The highest BCUT2D eigenvalue weighted by atomic mass is 32.1. The Bertz CT molecular complexity index is 709. The van der Waals surface area contributed by atoms with E-state index in [-0.39, 0.29) is 17.6 Å². The summed E-state index contributed by atoms with van der Waals surface area (Å²) in [4.78, 5) is 33.2. The predicted octanol–water partition coefficient (Wildman–Crippen LogP) is 1.51. The number of likely N-dealkylation sites (tertiary alicyclic amines) is 1. The molecule has 0 radical (unpaired) electrons. The number of nitrogens with one attached hydrogen (secondary N) is 1. The lowest BCUT2D eigenvalue weighted by Gasteiger charge is -2.22. The summed E-state index contributed by atoms with van der Waals surface area (Å²) in [6.45, 7) is 3.47. The fraction of sp³-hybridized carbons (Fsp3) is 0.500. The molecule has 1 fully saturated rings. The van der Waals surface area contributed by atoms with Crippen molar-refractivity contribution in [2.24, 2.45) is 0 Å². The van der Waals surface area contributed by atoms with Gasteiger partial charge in [-0.2, -0.15) is 0 Å². The van der Waals surface area contributed by atoms with E-state index in [4.69, 9.17) is 4.74 Å². The second kappa shape index (κ2) is 5.95. The van der Waals surface area contributed by atoms with Gasteiger partial charge in [-0.15, -0.1) is 11.3 Å². The van der Waals surface area contributed by atoms with Crippen LogP contribution in [0.4, 0.5) is 0 Å². The minimum absolute atomic E-state index is 0.114. The fourth-order valence-electron chi connectivity index (χ4n) is 2.71. The molecular formula is C14H17N3O3S. The Balaban J connectivity index is 1.80. The molecule has 1 atom stereocenters. The minimum Gasteiger partial charge on any atom is -0.465 e. The van der Waals surface area contributed by atoms with Crippen molar-refractivity contribution < 1.29 is 9.53 Å². The summed E-state index contributed by atoms with van der Waals surface area (Å²) in [5.41, 5.74) is 0.600. The van der Waals surface area contributed by atoms with Crippen molar-refractivity contribution in [2.45, 2.75) is 32.4 Å². The maximum atomic E-state index is 12.0. The van der Waals surface area contributed by atoms with Crippen molar-refractivity contribution in [2.75, 3.05) is 13.2 Å². The highest BCUT2D eigenvalue weighted by Crippen LogP contribution is 2.21. The molecule has 0 spiro atoms. The maximum absolute atomic E-state index is 12.0. The molecule has 1 aliphatic rings. The van der Waals surface area contributed by atoms with Gasteiger partial charge < -0.3 is 9.72 Å². The zero-order valence-corrected chi connectivity index (χ0v) is 12.6. The van der Waals surface area contributed by atoms with Crippen LogP contribution in [0.1, 0.15) is 25.6 Å². The topological polar surface area (TPSA) is 75.3 Å². The SMILES string of the molecule is CCOC(=O)C1CCCN1Cc1nc2ccsc2c(=O)[nH]1. The average molecular weight is 307 g/mol. The van der Waals surface area contributed by atoms with Crippen molar-refractivity contribution in [3.63, 3.8) is 0 Å². The Labute approximate surface area is 125 Å². The third kappa shape index (κ3) is 2.84. The van der Waals surface area contributed by atoms with Crippen LogP contribution in [0, 0.1) is 0 Å². The van der Waals surface area contributed by atoms with Gasteiger partial charge in [-0.05, 0) is 37.8 Å². The molecule has 1 unspecified atom stereocenters. The number of H-pyrrole nitrogens is 1. The van der Waals surface area contributed by atoms with Gasteiger partial charge in [0.15, 0.2) is 0 Å². The van der Waals surface area contributed by atoms with Crippen LogP contribution >= 0.6 is 11.3 Å². The first-order chi connectivity index (χ1) is 10.2. The molecule has 1 aliphatic heterocycles. The van der Waals surface area contributed by atoms with E-state index in [1.54, 1.807) is 6.92 Å². The van der Waals surface area contributed by atoms with Crippen LogP contribution in [-0.2, 0) is 16.1 Å². The summed E-state index contributed by atoms with van der Waals surface area (Å²) in [7, 11) is 0. The molecule has 21 heavy (non-hydrogen) atoms. The highest BCUT2D eigenvalue weighted by molar-refractivity contribution is 7.17.